The maximum absolute atomic E-state index is 12.0. The Hall–Kier alpha value is -1.99. The average molecular weight is 319 g/mol. The Labute approximate surface area is 137 Å². The predicted molar refractivity (Wildman–Crippen MR) is 89.6 cm³/mol. The molecule has 7 nitrogen and oxygen atoms in total. The molecule has 1 aliphatic heterocycles. The Morgan fingerprint density at radius 3 is 2.74 bits per heavy atom. The van der Waals surface area contributed by atoms with Gasteiger partial charge in [-0.15, -0.1) is 0 Å². The summed E-state index contributed by atoms with van der Waals surface area (Å²) in [7, 11) is 1.82. The van der Waals surface area contributed by atoms with Gasteiger partial charge in [0, 0.05) is 50.7 Å². The third kappa shape index (κ3) is 6.33. The molecule has 0 aliphatic carbocycles. The molecule has 126 valence electrons. The summed E-state index contributed by atoms with van der Waals surface area (Å²) >= 11 is 0. The minimum Gasteiger partial charge on any atom is -0.379 e. The molecule has 0 saturated carbocycles. The van der Waals surface area contributed by atoms with Crippen LogP contribution in [0.5, 0.6) is 0 Å². The van der Waals surface area contributed by atoms with Crippen molar-refractivity contribution in [1.82, 2.24) is 19.8 Å². The summed E-state index contributed by atoms with van der Waals surface area (Å²) in [5.74, 6) is 0.207. The first-order chi connectivity index (χ1) is 11.1. The summed E-state index contributed by atoms with van der Waals surface area (Å²) in [4.78, 5) is 23.9. The van der Waals surface area contributed by atoms with Crippen molar-refractivity contribution in [2.75, 3.05) is 52.2 Å². The fourth-order valence-electron chi connectivity index (χ4n) is 2.35. The maximum Gasteiger partial charge on any atom is 0.246 e. The second-order valence-corrected chi connectivity index (χ2v) is 5.63. The van der Waals surface area contributed by atoms with Gasteiger partial charge < -0.3 is 15.4 Å². The highest BCUT2D eigenvalue weighted by Gasteiger charge is 2.10. The summed E-state index contributed by atoms with van der Waals surface area (Å²) in [5, 5.41) is 0. The van der Waals surface area contributed by atoms with E-state index in [4.69, 9.17) is 10.5 Å². The molecule has 1 amide bonds. The zero-order chi connectivity index (χ0) is 16.5. The van der Waals surface area contributed by atoms with Gasteiger partial charge in [-0.2, -0.15) is 0 Å². The van der Waals surface area contributed by atoms with Crippen molar-refractivity contribution in [3.05, 3.63) is 24.0 Å². The van der Waals surface area contributed by atoms with Gasteiger partial charge in [0.05, 0.1) is 13.2 Å². The number of nitrogen functional groups attached to an aromatic ring is 1. The van der Waals surface area contributed by atoms with Crippen LogP contribution in [0.2, 0.25) is 0 Å². The fourth-order valence-corrected chi connectivity index (χ4v) is 2.35. The fraction of sp³-hybridized carbons (Fsp3) is 0.562. The van der Waals surface area contributed by atoms with Crippen molar-refractivity contribution in [2.24, 2.45) is 0 Å². The molecule has 1 aliphatic rings. The summed E-state index contributed by atoms with van der Waals surface area (Å²) in [6, 6.07) is 0. The van der Waals surface area contributed by atoms with Crippen molar-refractivity contribution in [3.8, 4) is 0 Å². The Kier molecular flexibility index (Phi) is 6.96. The molecule has 0 atom stereocenters. The van der Waals surface area contributed by atoms with Crippen LogP contribution < -0.4 is 5.73 Å². The van der Waals surface area contributed by atoms with Gasteiger partial charge in [-0.3, -0.25) is 9.69 Å². The number of nitrogens with zero attached hydrogens (tertiary/aromatic N) is 4. The summed E-state index contributed by atoms with van der Waals surface area (Å²) < 4.78 is 5.33. The SMILES string of the molecule is CN(CCCCN1CCOCC1)C(=O)C=Cc1cnc(N)nc1. The molecule has 1 aromatic rings. The molecular formula is C16H25N5O2. The van der Waals surface area contributed by atoms with Gasteiger partial charge in [0.25, 0.3) is 0 Å². The normalized spacial score (nSPS) is 15.9. The van der Waals surface area contributed by atoms with E-state index in [1.807, 2.05) is 7.05 Å². The van der Waals surface area contributed by atoms with Crippen LogP contribution in [0.25, 0.3) is 6.08 Å². The molecule has 0 spiro atoms. The number of hydrogen-bond donors (Lipinski definition) is 1. The van der Waals surface area contributed by atoms with Crippen molar-refractivity contribution in [2.45, 2.75) is 12.8 Å². The number of carbonyl (C=O) groups is 1. The molecule has 0 aromatic carbocycles. The first-order valence-electron chi connectivity index (χ1n) is 7.96. The zero-order valence-electron chi connectivity index (χ0n) is 13.6. The lowest BCUT2D eigenvalue weighted by atomic mass is 10.2. The highest BCUT2D eigenvalue weighted by molar-refractivity contribution is 5.91. The summed E-state index contributed by atoms with van der Waals surface area (Å²) in [6.45, 7) is 5.52. The summed E-state index contributed by atoms with van der Waals surface area (Å²) in [6.07, 6.45) is 8.51. The van der Waals surface area contributed by atoms with E-state index in [0.717, 1.165) is 57.8 Å². The number of anilines is 1. The number of hydrogen-bond acceptors (Lipinski definition) is 6. The molecule has 1 aromatic heterocycles. The van der Waals surface area contributed by atoms with Crippen LogP contribution in [0.4, 0.5) is 5.95 Å². The number of nitrogens with two attached hydrogens (primary N) is 1. The van der Waals surface area contributed by atoms with Crippen LogP contribution in [0.1, 0.15) is 18.4 Å². The number of unbranched alkanes of at least 4 members (excludes halogenated alkanes) is 1. The van der Waals surface area contributed by atoms with Crippen molar-refractivity contribution >= 4 is 17.9 Å². The lowest BCUT2D eigenvalue weighted by molar-refractivity contribution is -0.124. The lowest BCUT2D eigenvalue weighted by Crippen LogP contribution is -2.37. The molecule has 0 unspecified atom stereocenters. The number of aromatic nitrogens is 2. The average Bonchev–Trinajstić information content (AvgIpc) is 2.58. The van der Waals surface area contributed by atoms with E-state index in [1.165, 1.54) is 6.08 Å². The van der Waals surface area contributed by atoms with E-state index in [9.17, 15) is 4.79 Å². The van der Waals surface area contributed by atoms with Gasteiger partial charge in [-0.25, -0.2) is 9.97 Å². The summed E-state index contributed by atoms with van der Waals surface area (Å²) in [5.41, 5.74) is 6.18. The third-order valence-electron chi connectivity index (χ3n) is 3.81. The molecule has 0 bridgehead atoms. The molecule has 2 rings (SSSR count). The van der Waals surface area contributed by atoms with Gasteiger partial charge >= 0.3 is 0 Å². The largest absolute Gasteiger partial charge is 0.379 e. The third-order valence-corrected chi connectivity index (χ3v) is 3.81. The number of amides is 1. The topological polar surface area (TPSA) is 84.6 Å². The molecule has 1 saturated heterocycles. The Balaban J connectivity index is 1.65. The van der Waals surface area contributed by atoms with Gasteiger partial charge in [0.1, 0.15) is 0 Å². The van der Waals surface area contributed by atoms with Crippen molar-refractivity contribution in [3.63, 3.8) is 0 Å². The monoisotopic (exact) mass is 319 g/mol. The first-order valence-corrected chi connectivity index (χ1v) is 7.96. The van der Waals surface area contributed by atoms with E-state index in [1.54, 1.807) is 23.4 Å². The molecule has 7 heteroatoms. The number of ether oxygens (including phenoxy) is 1. The Morgan fingerprint density at radius 2 is 2.04 bits per heavy atom. The second kappa shape index (κ2) is 9.22. The minimum absolute atomic E-state index is 0.0202. The van der Waals surface area contributed by atoms with E-state index in [0.29, 0.717) is 0 Å². The molecule has 0 radical (unpaired) electrons. The van der Waals surface area contributed by atoms with Gasteiger partial charge in [-0.05, 0) is 25.5 Å². The minimum atomic E-state index is -0.0202. The van der Waals surface area contributed by atoms with Crippen LogP contribution >= 0.6 is 0 Å². The van der Waals surface area contributed by atoms with Crippen molar-refractivity contribution in [1.29, 1.82) is 0 Å². The number of likely N-dealkylation sites (N-methyl/N-ethyl adjacent to an activating group) is 1. The number of carbonyl (C=O) groups excluding carboxylic acids is 1. The van der Waals surface area contributed by atoms with Gasteiger partial charge in [-0.1, -0.05) is 0 Å². The highest BCUT2D eigenvalue weighted by atomic mass is 16.5. The maximum atomic E-state index is 12.0. The van der Waals surface area contributed by atoms with Crippen molar-refractivity contribution < 1.29 is 9.53 Å². The second-order valence-electron chi connectivity index (χ2n) is 5.63. The van der Waals surface area contributed by atoms with Gasteiger partial charge in [0.15, 0.2) is 0 Å². The first kappa shape index (κ1) is 17.4. The molecule has 2 heterocycles. The standard InChI is InChI=1S/C16H25N5O2/c1-20(6-2-3-7-21-8-10-23-11-9-21)15(22)5-4-14-12-18-16(17)19-13-14/h4-5,12-13H,2-3,6-11H2,1H3,(H2,17,18,19). The van der Waals surface area contributed by atoms with E-state index in [-0.39, 0.29) is 11.9 Å². The van der Waals surface area contributed by atoms with Crippen LogP contribution in [-0.2, 0) is 9.53 Å². The number of rotatable bonds is 7. The molecular weight excluding hydrogens is 294 g/mol. The van der Waals surface area contributed by atoms with Gasteiger partial charge in [0.2, 0.25) is 11.9 Å². The molecule has 23 heavy (non-hydrogen) atoms. The van der Waals surface area contributed by atoms with E-state index in [2.05, 4.69) is 14.9 Å². The van der Waals surface area contributed by atoms with Crippen LogP contribution in [-0.4, -0.2) is 72.1 Å². The predicted octanol–water partition coefficient (Wildman–Crippen LogP) is 0.643. The van der Waals surface area contributed by atoms with Crippen LogP contribution in [0.15, 0.2) is 18.5 Å². The molecule has 1 fully saturated rings. The van der Waals surface area contributed by atoms with Crippen LogP contribution in [0, 0.1) is 0 Å². The number of morpholine rings is 1. The zero-order valence-corrected chi connectivity index (χ0v) is 13.6. The van der Waals surface area contributed by atoms with Crippen LogP contribution in [0.3, 0.4) is 0 Å². The smallest absolute Gasteiger partial charge is 0.246 e. The van der Waals surface area contributed by atoms with E-state index >= 15 is 0 Å². The molecule has 2 N–H and O–H groups in total. The Bertz CT molecular complexity index is 512. The van der Waals surface area contributed by atoms with E-state index < -0.39 is 0 Å². The Morgan fingerprint density at radius 1 is 1.35 bits per heavy atom. The lowest BCUT2D eigenvalue weighted by Gasteiger charge is -2.26. The highest BCUT2D eigenvalue weighted by Crippen LogP contribution is 2.03. The quantitative estimate of drug-likeness (QED) is 0.586.